The number of nitrogens with zero attached hydrogens (tertiary/aromatic N) is 1. The highest BCUT2D eigenvalue weighted by Gasteiger charge is 2.13. The molecule has 21 heavy (non-hydrogen) atoms. The van der Waals surface area contributed by atoms with Crippen LogP contribution in [0, 0.1) is 0 Å². The van der Waals surface area contributed by atoms with Gasteiger partial charge in [-0.05, 0) is 49.2 Å². The molecule has 1 unspecified atom stereocenters. The molecule has 0 spiro atoms. The summed E-state index contributed by atoms with van der Waals surface area (Å²) in [6, 6.07) is 13.7. The van der Waals surface area contributed by atoms with Crippen LogP contribution in [0.25, 0.3) is 11.0 Å². The van der Waals surface area contributed by atoms with Crippen molar-refractivity contribution < 1.29 is 4.74 Å². The number of H-pyrrole nitrogens is 1. The fourth-order valence-corrected chi connectivity index (χ4v) is 2.47. The summed E-state index contributed by atoms with van der Waals surface area (Å²) in [7, 11) is 0. The molecule has 1 N–H and O–H groups in total. The van der Waals surface area contributed by atoms with Crippen LogP contribution in [0.1, 0.15) is 31.3 Å². The van der Waals surface area contributed by atoms with Crippen molar-refractivity contribution in [3.05, 3.63) is 58.9 Å². The van der Waals surface area contributed by atoms with E-state index in [9.17, 15) is 0 Å². The topological polar surface area (TPSA) is 37.9 Å². The van der Waals surface area contributed by atoms with E-state index in [-0.39, 0.29) is 6.10 Å². The lowest BCUT2D eigenvalue weighted by Crippen LogP contribution is -2.04. The average Bonchev–Trinajstić information content (AvgIpc) is 2.90. The van der Waals surface area contributed by atoms with Crippen LogP contribution in [-0.4, -0.2) is 9.97 Å². The predicted molar refractivity (Wildman–Crippen MR) is 86.0 cm³/mol. The number of hydrogen-bond acceptors (Lipinski definition) is 2. The van der Waals surface area contributed by atoms with Crippen molar-refractivity contribution in [3.63, 3.8) is 0 Å². The number of rotatable bonds is 4. The standard InChI is InChI=1S/C17H17ClN2O/c1-3-12-7-8-15-16(9-12)20-17(19-15)11(2)21-14-6-4-5-13(18)10-14/h4-11H,3H2,1-2H3,(H,19,20). The Bertz CT molecular complexity index is 766. The molecule has 0 aliphatic heterocycles. The average molecular weight is 301 g/mol. The van der Waals surface area contributed by atoms with Gasteiger partial charge >= 0.3 is 0 Å². The van der Waals surface area contributed by atoms with Gasteiger partial charge in [-0.25, -0.2) is 4.98 Å². The third kappa shape index (κ3) is 3.03. The van der Waals surface area contributed by atoms with E-state index in [0.717, 1.165) is 29.0 Å². The Morgan fingerprint density at radius 2 is 2.10 bits per heavy atom. The fraction of sp³-hybridized carbons (Fsp3) is 0.235. The number of ether oxygens (including phenoxy) is 1. The van der Waals surface area contributed by atoms with Crippen molar-refractivity contribution in [2.75, 3.05) is 0 Å². The van der Waals surface area contributed by atoms with E-state index in [1.54, 1.807) is 6.07 Å². The second-order valence-electron chi connectivity index (χ2n) is 5.04. The van der Waals surface area contributed by atoms with Crippen LogP contribution in [0.2, 0.25) is 5.02 Å². The number of aromatic amines is 1. The van der Waals surface area contributed by atoms with Crippen LogP contribution in [0.3, 0.4) is 0 Å². The molecule has 108 valence electrons. The molecule has 0 bridgehead atoms. The predicted octanol–water partition coefficient (Wildman–Crippen LogP) is 4.92. The van der Waals surface area contributed by atoms with Crippen LogP contribution < -0.4 is 4.74 Å². The van der Waals surface area contributed by atoms with E-state index in [4.69, 9.17) is 16.3 Å². The molecule has 3 aromatic rings. The smallest absolute Gasteiger partial charge is 0.153 e. The molecule has 0 radical (unpaired) electrons. The summed E-state index contributed by atoms with van der Waals surface area (Å²) in [5.41, 5.74) is 3.30. The zero-order chi connectivity index (χ0) is 14.8. The summed E-state index contributed by atoms with van der Waals surface area (Å²) >= 11 is 5.97. The SMILES string of the molecule is CCc1ccc2nc(C(C)Oc3cccc(Cl)c3)[nH]c2c1. The largest absolute Gasteiger partial charge is 0.483 e. The van der Waals surface area contributed by atoms with E-state index in [2.05, 4.69) is 29.0 Å². The summed E-state index contributed by atoms with van der Waals surface area (Å²) in [4.78, 5) is 7.93. The van der Waals surface area contributed by atoms with Gasteiger partial charge in [0.1, 0.15) is 11.6 Å². The summed E-state index contributed by atoms with van der Waals surface area (Å²) in [6.45, 7) is 4.11. The molecule has 3 rings (SSSR count). The molecule has 0 aliphatic carbocycles. The molecule has 1 aromatic heterocycles. The lowest BCUT2D eigenvalue weighted by atomic mass is 10.1. The molecule has 4 heteroatoms. The fourth-order valence-electron chi connectivity index (χ4n) is 2.29. The Kier molecular flexibility index (Phi) is 3.84. The first-order valence-electron chi connectivity index (χ1n) is 7.06. The minimum atomic E-state index is -0.166. The summed E-state index contributed by atoms with van der Waals surface area (Å²) in [5.74, 6) is 1.56. The highest BCUT2D eigenvalue weighted by molar-refractivity contribution is 6.30. The van der Waals surface area contributed by atoms with Crippen molar-refractivity contribution in [1.82, 2.24) is 9.97 Å². The number of imidazole rings is 1. The van der Waals surface area contributed by atoms with Crippen molar-refractivity contribution >= 4 is 22.6 Å². The molecule has 0 aliphatic rings. The quantitative estimate of drug-likeness (QED) is 0.742. The third-order valence-electron chi connectivity index (χ3n) is 3.47. The van der Waals surface area contributed by atoms with Gasteiger partial charge in [0, 0.05) is 5.02 Å². The van der Waals surface area contributed by atoms with Gasteiger partial charge in [-0.1, -0.05) is 30.7 Å². The van der Waals surface area contributed by atoms with Crippen molar-refractivity contribution in [3.8, 4) is 5.75 Å². The second-order valence-corrected chi connectivity index (χ2v) is 5.48. The van der Waals surface area contributed by atoms with Gasteiger partial charge in [-0.3, -0.25) is 0 Å². The maximum Gasteiger partial charge on any atom is 0.153 e. The number of nitrogens with one attached hydrogen (secondary N) is 1. The summed E-state index contributed by atoms with van der Waals surface area (Å²) < 4.78 is 5.89. The monoisotopic (exact) mass is 300 g/mol. The van der Waals surface area contributed by atoms with Gasteiger partial charge in [-0.15, -0.1) is 0 Å². The van der Waals surface area contributed by atoms with Gasteiger partial charge in [0.2, 0.25) is 0 Å². The number of aryl methyl sites for hydroxylation is 1. The highest BCUT2D eigenvalue weighted by atomic mass is 35.5. The molecule has 1 heterocycles. The lowest BCUT2D eigenvalue weighted by Gasteiger charge is -2.12. The van der Waals surface area contributed by atoms with E-state index >= 15 is 0 Å². The van der Waals surface area contributed by atoms with Crippen LogP contribution in [0.5, 0.6) is 5.75 Å². The number of benzene rings is 2. The number of aromatic nitrogens is 2. The molecule has 0 fully saturated rings. The highest BCUT2D eigenvalue weighted by Crippen LogP contribution is 2.24. The zero-order valence-corrected chi connectivity index (χ0v) is 12.8. The number of hydrogen-bond donors (Lipinski definition) is 1. The van der Waals surface area contributed by atoms with Gasteiger partial charge in [0.05, 0.1) is 11.0 Å². The van der Waals surface area contributed by atoms with Crippen LogP contribution in [0.15, 0.2) is 42.5 Å². The Hall–Kier alpha value is -2.00. The van der Waals surface area contributed by atoms with Gasteiger partial charge in [0.15, 0.2) is 6.10 Å². The molecule has 2 aromatic carbocycles. The number of fused-ring (bicyclic) bond motifs is 1. The molecule has 1 atom stereocenters. The number of halogens is 1. The van der Waals surface area contributed by atoms with Crippen molar-refractivity contribution in [2.24, 2.45) is 0 Å². The first-order valence-corrected chi connectivity index (χ1v) is 7.44. The third-order valence-corrected chi connectivity index (χ3v) is 3.70. The van der Waals surface area contributed by atoms with E-state index in [0.29, 0.717) is 5.02 Å². The Morgan fingerprint density at radius 3 is 2.86 bits per heavy atom. The van der Waals surface area contributed by atoms with Gasteiger partial charge in [-0.2, -0.15) is 0 Å². The molecule has 0 saturated carbocycles. The van der Waals surface area contributed by atoms with E-state index in [1.807, 2.05) is 31.2 Å². The maximum absolute atomic E-state index is 5.97. The van der Waals surface area contributed by atoms with Crippen LogP contribution in [-0.2, 0) is 6.42 Å². The van der Waals surface area contributed by atoms with Crippen molar-refractivity contribution in [2.45, 2.75) is 26.4 Å². The second kappa shape index (κ2) is 5.78. The normalized spacial score (nSPS) is 12.5. The summed E-state index contributed by atoms with van der Waals surface area (Å²) in [6.07, 6.45) is 0.847. The molecule has 0 amide bonds. The first kappa shape index (κ1) is 14.0. The Morgan fingerprint density at radius 1 is 1.24 bits per heavy atom. The Labute approximate surface area is 128 Å². The van der Waals surface area contributed by atoms with Crippen LogP contribution >= 0.6 is 11.6 Å². The van der Waals surface area contributed by atoms with E-state index in [1.165, 1.54) is 5.56 Å². The summed E-state index contributed by atoms with van der Waals surface area (Å²) in [5, 5.41) is 0.664. The van der Waals surface area contributed by atoms with Crippen LogP contribution in [0.4, 0.5) is 0 Å². The van der Waals surface area contributed by atoms with Crippen molar-refractivity contribution in [1.29, 1.82) is 0 Å². The molecule has 0 saturated heterocycles. The first-order chi connectivity index (χ1) is 10.2. The maximum atomic E-state index is 5.97. The molecular formula is C17H17ClN2O. The van der Waals surface area contributed by atoms with E-state index < -0.39 is 0 Å². The molecular weight excluding hydrogens is 284 g/mol. The van der Waals surface area contributed by atoms with Gasteiger partial charge < -0.3 is 9.72 Å². The molecule has 3 nitrogen and oxygen atoms in total. The van der Waals surface area contributed by atoms with Gasteiger partial charge in [0.25, 0.3) is 0 Å². The zero-order valence-electron chi connectivity index (χ0n) is 12.1. The lowest BCUT2D eigenvalue weighted by molar-refractivity contribution is 0.218. The Balaban J connectivity index is 1.85. The minimum absolute atomic E-state index is 0.166. The minimum Gasteiger partial charge on any atom is -0.483 e.